The molecule has 25 heavy (non-hydrogen) atoms. The minimum absolute atomic E-state index is 0.227. The molecule has 0 amide bonds. The molecule has 1 aromatic carbocycles. The molecule has 0 saturated heterocycles. The van der Waals surface area contributed by atoms with Gasteiger partial charge in [0.25, 0.3) is 0 Å². The highest BCUT2D eigenvalue weighted by Crippen LogP contribution is 2.37. The molecule has 0 spiro atoms. The Morgan fingerprint density at radius 3 is 2.48 bits per heavy atom. The van der Waals surface area contributed by atoms with Crippen molar-refractivity contribution in [2.45, 2.75) is 51.9 Å². The molecular formula is C20H33N3OSi. The number of hydrogen-bond donors (Lipinski definition) is 1. The van der Waals surface area contributed by atoms with Crippen LogP contribution in [0.1, 0.15) is 27.2 Å². The second-order valence-corrected chi connectivity index (χ2v) is 13.1. The summed E-state index contributed by atoms with van der Waals surface area (Å²) in [6.45, 7) is 13.8. The summed E-state index contributed by atoms with van der Waals surface area (Å²) in [4.78, 5) is 4.55. The van der Waals surface area contributed by atoms with Gasteiger partial charge in [0.2, 0.25) is 0 Å². The molecule has 1 aromatic heterocycles. The van der Waals surface area contributed by atoms with Gasteiger partial charge in [-0.05, 0) is 31.1 Å². The Morgan fingerprint density at radius 1 is 1.20 bits per heavy atom. The Balaban J connectivity index is 2.09. The van der Waals surface area contributed by atoms with Crippen LogP contribution in [0.25, 0.3) is 11.4 Å². The third-order valence-electron chi connectivity index (χ3n) is 5.26. The van der Waals surface area contributed by atoms with Gasteiger partial charge >= 0.3 is 0 Å². The first kappa shape index (κ1) is 19.9. The second-order valence-electron chi connectivity index (χ2n) is 8.28. The molecule has 1 unspecified atom stereocenters. The average Bonchev–Trinajstić information content (AvgIpc) is 3.01. The highest BCUT2D eigenvalue weighted by atomic mass is 28.4. The fourth-order valence-electron chi connectivity index (χ4n) is 2.59. The van der Waals surface area contributed by atoms with E-state index in [0.29, 0.717) is 12.5 Å². The maximum atomic E-state index is 6.45. The van der Waals surface area contributed by atoms with E-state index in [9.17, 15) is 0 Å². The molecule has 0 aliphatic carbocycles. The molecule has 0 radical (unpaired) electrons. The van der Waals surface area contributed by atoms with Crippen LogP contribution in [0.5, 0.6) is 0 Å². The molecule has 138 valence electrons. The number of hydrogen-bond acceptors (Lipinski definition) is 3. The molecule has 2 N–H and O–H groups in total. The summed E-state index contributed by atoms with van der Waals surface area (Å²) >= 11 is 0. The second kappa shape index (κ2) is 8.30. The van der Waals surface area contributed by atoms with Crippen molar-refractivity contribution in [2.75, 3.05) is 13.2 Å². The fraction of sp³-hybridized carbons (Fsp3) is 0.550. The molecule has 0 saturated carbocycles. The lowest BCUT2D eigenvalue weighted by Gasteiger charge is -2.37. The van der Waals surface area contributed by atoms with Crippen molar-refractivity contribution in [3.8, 4) is 11.4 Å². The zero-order valence-electron chi connectivity index (χ0n) is 16.3. The molecule has 4 nitrogen and oxygen atoms in total. The van der Waals surface area contributed by atoms with Gasteiger partial charge in [0.15, 0.2) is 8.32 Å². The van der Waals surface area contributed by atoms with E-state index in [1.807, 2.05) is 24.4 Å². The number of rotatable bonds is 8. The zero-order valence-corrected chi connectivity index (χ0v) is 17.3. The summed E-state index contributed by atoms with van der Waals surface area (Å²) in [6.07, 6.45) is 4.88. The number of nitrogens with two attached hydrogens (primary N) is 1. The smallest absolute Gasteiger partial charge is 0.191 e. The van der Waals surface area contributed by atoms with Crippen molar-refractivity contribution in [1.29, 1.82) is 0 Å². The van der Waals surface area contributed by atoms with Crippen LogP contribution in [0.15, 0.2) is 42.7 Å². The van der Waals surface area contributed by atoms with Gasteiger partial charge in [-0.15, -0.1) is 0 Å². The molecule has 0 aliphatic heterocycles. The van der Waals surface area contributed by atoms with Crippen LogP contribution < -0.4 is 5.73 Å². The summed E-state index contributed by atoms with van der Waals surface area (Å²) < 4.78 is 8.68. The van der Waals surface area contributed by atoms with Crippen molar-refractivity contribution < 1.29 is 4.43 Å². The number of aromatic nitrogens is 2. The summed E-state index contributed by atoms with van der Waals surface area (Å²) in [6, 6.07) is 10.3. The van der Waals surface area contributed by atoms with Crippen LogP contribution in [-0.2, 0) is 11.0 Å². The molecule has 0 fully saturated rings. The van der Waals surface area contributed by atoms with Crippen molar-refractivity contribution in [3.63, 3.8) is 0 Å². The molecule has 0 bridgehead atoms. The van der Waals surface area contributed by atoms with Gasteiger partial charge in [-0.3, -0.25) is 0 Å². The Bertz CT molecular complexity index is 646. The van der Waals surface area contributed by atoms with Crippen LogP contribution >= 0.6 is 0 Å². The van der Waals surface area contributed by atoms with E-state index < -0.39 is 8.32 Å². The minimum Gasteiger partial charge on any atom is -0.416 e. The number of benzene rings is 1. The molecule has 1 heterocycles. The van der Waals surface area contributed by atoms with Gasteiger partial charge in [0, 0.05) is 37.0 Å². The molecule has 2 rings (SSSR count). The van der Waals surface area contributed by atoms with E-state index in [2.05, 4.69) is 61.7 Å². The van der Waals surface area contributed by atoms with E-state index in [-0.39, 0.29) is 5.04 Å². The lowest BCUT2D eigenvalue weighted by Crippen LogP contribution is -2.42. The molecule has 5 heteroatoms. The SMILES string of the molecule is CC(C)(C)[Si](C)(C)OCC(CCN)Cn1ccnc1-c1ccccc1. The lowest BCUT2D eigenvalue weighted by atomic mass is 10.1. The highest BCUT2D eigenvalue weighted by Gasteiger charge is 2.37. The van der Waals surface area contributed by atoms with E-state index >= 15 is 0 Å². The Morgan fingerprint density at radius 2 is 1.88 bits per heavy atom. The van der Waals surface area contributed by atoms with Crippen LogP contribution in [0, 0.1) is 5.92 Å². The number of nitrogens with zero attached hydrogens (tertiary/aromatic N) is 2. The van der Waals surface area contributed by atoms with Crippen molar-refractivity contribution in [2.24, 2.45) is 11.7 Å². The Hall–Kier alpha value is -1.43. The van der Waals surface area contributed by atoms with E-state index in [1.54, 1.807) is 0 Å². The average molecular weight is 360 g/mol. The minimum atomic E-state index is -1.74. The van der Waals surface area contributed by atoms with Crippen molar-refractivity contribution in [3.05, 3.63) is 42.7 Å². The highest BCUT2D eigenvalue weighted by molar-refractivity contribution is 6.74. The third kappa shape index (κ3) is 5.27. The van der Waals surface area contributed by atoms with Gasteiger partial charge in [0.05, 0.1) is 0 Å². The maximum absolute atomic E-state index is 6.45. The zero-order chi connectivity index (χ0) is 18.5. The molecule has 0 aliphatic rings. The first-order chi connectivity index (χ1) is 11.7. The van der Waals surface area contributed by atoms with Crippen LogP contribution in [-0.4, -0.2) is 31.0 Å². The van der Waals surface area contributed by atoms with Crippen LogP contribution in [0.4, 0.5) is 0 Å². The van der Waals surface area contributed by atoms with Crippen molar-refractivity contribution in [1.82, 2.24) is 9.55 Å². The predicted molar refractivity (Wildman–Crippen MR) is 108 cm³/mol. The van der Waals surface area contributed by atoms with E-state index in [4.69, 9.17) is 10.2 Å². The van der Waals surface area contributed by atoms with Gasteiger partial charge in [0.1, 0.15) is 5.82 Å². The number of imidazole rings is 1. The molecular weight excluding hydrogens is 326 g/mol. The standard InChI is InChI=1S/C20H33N3OSi/c1-20(2,3)25(4,5)24-16-17(11-12-21)15-23-14-13-22-19(23)18-9-7-6-8-10-18/h6-10,13-14,17H,11-12,15-16,21H2,1-5H3. The first-order valence-corrected chi connectivity index (χ1v) is 12.1. The summed E-state index contributed by atoms with van der Waals surface area (Å²) in [5, 5.41) is 0.227. The first-order valence-electron chi connectivity index (χ1n) is 9.15. The topological polar surface area (TPSA) is 53.1 Å². The van der Waals surface area contributed by atoms with Crippen molar-refractivity contribution >= 4 is 8.32 Å². The lowest BCUT2D eigenvalue weighted by molar-refractivity contribution is 0.207. The summed E-state index contributed by atoms with van der Waals surface area (Å²) in [7, 11) is -1.74. The van der Waals surface area contributed by atoms with Gasteiger partial charge in [-0.2, -0.15) is 0 Å². The van der Waals surface area contributed by atoms with Crippen LogP contribution in [0.2, 0.25) is 18.1 Å². The third-order valence-corrected chi connectivity index (χ3v) is 9.76. The Labute approximate surface area is 153 Å². The van der Waals surface area contributed by atoms with Gasteiger partial charge in [-0.25, -0.2) is 4.98 Å². The Kier molecular flexibility index (Phi) is 6.60. The van der Waals surface area contributed by atoms with Gasteiger partial charge < -0.3 is 14.7 Å². The van der Waals surface area contributed by atoms with Crippen LogP contribution in [0.3, 0.4) is 0 Å². The molecule has 1 atom stereocenters. The predicted octanol–water partition coefficient (Wildman–Crippen LogP) is 4.54. The fourth-order valence-corrected chi connectivity index (χ4v) is 3.67. The normalized spacial score (nSPS) is 13.8. The quantitative estimate of drug-likeness (QED) is 0.704. The maximum Gasteiger partial charge on any atom is 0.191 e. The van der Waals surface area contributed by atoms with E-state index in [0.717, 1.165) is 31.0 Å². The van der Waals surface area contributed by atoms with E-state index in [1.165, 1.54) is 0 Å². The summed E-state index contributed by atoms with van der Waals surface area (Å²) in [5.41, 5.74) is 7.01. The van der Waals surface area contributed by atoms with Gasteiger partial charge in [-0.1, -0.05) is 51.1 Å². The largest absolute Gasteiger partial charge is 0.416 e. The molecule has 2 aromatic rings. The summed E-state index contributed by atoms with van der Waals surface area (Å²) in [5.74, 6) is 1.41. The monoisotopic (exact) mass is 359 g/mol.